The van der Waals surface area contributed by atoms with E-state index in [9.17, 15) is 9.59 Å². The van der Waals surface area contributed by atoms with Gasteiger partial charge in [-0.15, -0.1) is 0 Å². The number of likely N-dealkylation sites (tertiary alicyclic amines) is 1. The lowest BCUT2D eigenvalue weighted by molar-refractivity contribution is -0.134. The van der Waals surface area contributed by atoms with Crippen LogP contribution in [0.2, 0.25) is 0 Å². The summed E-state index contributed by atoms with van der Waals surface area (Å²) in [6, 6.07) is 8.61. The van der Waals surface area contributed by atoms with E-state index in [1.54, 1.807) is 35.2 Å². The van der Waals surface area contributed by atoms with Crippen molar-refractivity contribution in [1.82, 2.24) is 24.8 Å². The highest BCUT2D eigenvalue weighted by Gasteiger charge is 2.48. The number of aromatic nitrogens is 3. The summed E-state index contributed by atoms with van der Waals surface area (Å²) in [5.41, 5.74) is 7.85. The molecule has 1 aliphatic heterocycles. The van der Waals surface area contributed by atoms with Gasteiger partial charge in [0, 0.05) is 43.1 Å². The van der Waals surface area contributed by atoms with Gasteiger partial charge in [-0.1, -0.05) is 25.3 Å². The highest BCUT2D eigenvalue weighted by Crippen LogP contribution is 2.43. The highest BCUT2D eigenvalue weighted by molar-refractivity contribution is 6.03. The zero-order chi connectivity index (χ0) is 22.8. The van der Waals surface area contributed by atoms with E-state index in [4.69, 9.17) is 5.73 Å². The summed E-state index contributed by atoms with van der Waals surface area (Å²) >= 11 is 0. The van der Waals surface area contributed by atoms with Gasteiger partial charge >= 0.3 is 0 Å². The number of carbonyl (C=O) groups excluding carboxylic acids is 2. The Morgan fingerprint density at radius 2 is 1.97 bits per heavy atom. The molecule has 0 aromatic carbocycles. The predicted molar refractivity (Wildman–Crippen MR) is 125 cm³/mol. The molecule has 1 unspecified atom stereocenters. The Labute approximate surface area is 193 Å². The second-order valence-electron chi connectivity index (χ2n) is 9.28. The van der Waals surface area contributed by atoms with Crippen LogP contribution in [0.15, 0.2) is 55.1 Å². The first-order chi connectivity index (χ1) is 16.1. The lowest BCUT2D eigenvalue weighted by Gasteiger charge is -2.44. The van der Waals surface area contributed by atoms with Crippen molar-refractivity contribution in [1.29, 1.82) is 0 Å². The average Bonchev–Trinajstić information content (AvgIpc) is 3.52. The maximum Gasteiger partial charge on any atom is 0.254 e. The van der Waals surface area contributed by atoms with Crippen LogP contribution in [0.5, 0.6) is 0 Å². The number of amides is 2. The molecule has 3 aromatic heterocycles. The molecule has 0 radical (unpaired) electrons. The molecular weight excluding hydrogens is 416 g/mol. The molecule has 1 aliphatic carbocycles. The van der Waals surface area contributed by atoms with Gasteiger partial charge in [0.2, 0.25) is 5.91 Å². The summed E-state index contributed by atoms with van der Waals surface area (Å²) in [4.78, 5) is 33.8. The molecule has 0 spiro atoms. The third kappa shape index (κ3) is 3.99. The molecular formula is C25H30N6O2. The van der Waals surface area contributed by atoms with Gasteiger partial charge in [-0.3, -0.25) is 14.6 Å². The molecule has 2 amide bonds. The fourth-order valence-corrected chi connectivity index (χ4v) is 5.54. The van der Waals surface area contributed by atoms with Crippen LogP contribution in [-0.2, 0) is 10.2 Å². The van der Waals surface area contributed by atoms with Gasteiger partial charge in [-0.2, -0.15) is 5.10 Å². The second-order valence-corrected chi connectivity index (χ2v) is 9.28. The third-order valence-electron chi connectivity index (χ3n) is 7.27. The minimum Gasteiger partial charge on any atom is -0.339 e. The molecule has 3 N–H and O–H groups in total. The van der Waals surface area contributed by atoms with E-state index in [1.165, 1.54) is 0 Å². The van der Waals surface area contributed by atoms with E-state index in [1.807, 2.05) is 29.3 Å². The maximum atomic E-state index is 14.0. The zero-order valence-corrected chi connectivity index (χ0v) is 18.7. The van der Waals surface area contributed by atoms with Gasteiger partial charge < -0.3 is 16.0 Å². The lowest BCUT2D eigenvalue weighted by Crippen LogP contribution is -2.59. The Bertz CT molecular complexity index is 1140. The molecule has 8 heteroatoms. The minimum atomic E-state index is -0.692. The first-order valence-electron chi connectivity index (χ1n) is 11.8. The number of nitrogens with zero attached hydrogens (tertiary/aromatic N) is 4. The van der Waals surface area contributed by atoms with Crippen LogP contribution in [0, 0.1) is 0 Å². The van der Waals surface area contributed by atoms with Crippen molar-refractivity contribution in [3.8, 4) is 0 Å². The Morgan fingerprint density at radius 1 is 1.12 bits per heavy atom. The Hall–Kier alpha value is -3.26. The number of hydrogen-bond acceptors (Lipinski definition) is 5. The molecule has 8 nitrogen and oxygen atoms in total. The third-order valence-corrected chi connectivity index (χ3v) is 7.27. The normalized spacial score (nSPS) is 21.1. The van der Waals surface area contributed by atoms with Crippen molar-refractivity contribution >= 4 is 17.3 Å². The maximum absolute atomic E-state index is 14.0. The molecule has 2 fully saturated rings. The van der Waals surface area contributed by atoms with Crippen molar-refractivity contribution in [3.05, 3.63) is 66.2 Å². The summed E-state index contributed by atoms with van der Waals surface area (Å²) in [7, 11) is 0. The molecule has 0 bridgehead atoms. The van der Waals surface area contributed by atoms with Crippen LogP contribution in [0.1, 0.15) is 54.4 Å². The summed E-state index contributed by atoms with van der Waals surface area (Å²) in [5.74, 6) is -0.320. The molecule has 4 heterocycles. The number of rotatable bonds is 5. The Balaban J connectivity index is 1.56. The van der Waals surface area contributed by atoms with E-state index in [0.717, 1.165) is 44.1 Å². The van der Waals surface area contributed by atoms with E-state index >= 15 is 0 Å². The van der Waals surface area contributed by atoms with Gasteiger partial charge in [-0.05, 0) is 49.1 Å². The van der Waals surface area contributed by atoms with Crippen molar-refractivity contribution in [3.63, 3.8) is 0 Å². The van der Waals surface area contributed by atoms with E-state index in [0.29, 0.717) is 24.2 Å². The summed E-state index contributed by atoms with van der Waals surface area (Å²) in [5, 5.41) is 7.41. The summed E-state index contributed by atoms with van der Waals surface area (Å²) in [6.07, 6.45) is 12.6. The monoisotopic (exact) mass is 446 g/mol. The van der Waals surface area contributed by atoms with Crippen molar-refractivity contribution in [2.24, 2.45) is 5.73 Å². The standard InChI is InChI=1S/C25H30N6O2/c26-19-9-15-30(17-19)24(33)22(25(10-2-1-3-11-25)18-6-4-12-27-16-18)29-23(32)20-7-5-14-31-21(20)8-13-28-31/h4-8,12-14,16,19,22H,1-3,9-11,15,17,26H2,(H,29,32)/t19-,22?/m1/s1. The minimum absolute atomic E-state index is 0.0217. The van der Waals surface area contributed by atoms with Crippen LogP contribution in [0.25, 0.3) is 5.52 Å². The van der Waals surface area contributed by atoms with Gasteiger partial charge in [0.05, 0.1) is 17.3 Å². The Kier molecular flexibility index (Phi) is 5.85. The largest absolute Gasteiger partial charge is 0.339 e. The fraction of sp³-hybridized carbons (Fsp3) is 0.440. The molecule has 5 rings (SSSR count). The molecule has 2 aliphatic rings. The van der Waals surface area contributed by atoms with E-state index in [2.05, 4.69) is 15.4 Å². The lowest BCUT2D eigenvalue weighted by atomic mass is 9.64. The topological polar surface area (TPSA) is 106 Å². The quantitative estimate of drug-likeness (QED) is 0.626. The van der Waals surface area contributed by atoms with Crippen LogP contribution in [0.4, 0.5) is 0 Å². The smallest absolute Gasteiger partial charge is 0.254 e. The van der Waals surface area contributed by atoms with Crippen LogP contribution in [0.3, 0.4) is 0 Å². The first-order valence-corrected chi connectivity index (χ1v) is 11.8. The van der Waals surface area contributed by atoms with Gasteiger partial charge in [-0.25, -0.2) is 4.52 Å². The van der Waals surface area contributed by atoms with Crippen LogP contribution in [-0.4, -0.2) is 56.5 Å². The number of fused-ring (bicyclic) bond motifs is 1. The molecule has 2 atom stereocenters. The Morgan fingerprint density at radius 3 is 2.70 bits per heavy atom. The molecule has 1 saturated heterocycles. The fourth-order valence-electron chi connectivity index (χ4n) is 5.54. The SMILES string of the molecule is N[C@@H]1CCN(C(=O)C(NC(=O)c2cccn3nccc23)C2(c3cccnc3)CCCCC2)C1. The van der Waals surface area contributed by atoms with E-state index in [-0.39, 0.29) is 17.9 Å². The number of nitrogens with one attached hydrogen (secondary N) is 1. The first kappa shape index (κ1) is 21.6. The van der Waals surface area contributed by atoms with Crippen LogP contribution < -0.4 is 11.1 Å². The number of nitrogens with two attached hydrogens (primary N) is 1. The average molecular weight is 447 g/mol. The second kappa shape index (κ2) is 8.94. The highest BCUT2D eigenvalue weighted by atomic mass is 16.2. The van der Waals surface area contributed by atoms with Crippen LogP contribution >= 0.6 is 0 Å². The molecule has 3 aromatic rings. The number of carbonyl (C=O) groups is 2. The predicted octanol–water partition coefficient (Wildman–Crippen LogP) is 2.29. The molecule has 172 valence electrons. The van der Waals surface area contributed by atoms with Gasteiger partial charge in [0.1, 0.15) is 6.04 Å². The number of hydrogen-bond donors (Lipinski definition) is 2. The van der Waals surface area contributed by atoms with Crippen molar-refractivity contribution in [2.45, 2.75) is 56.0 Å². The van der Waals surface area contributed by atoms with Gasteiger partial charge in [0.25, 0.3) is 5.91 Å². The van der Waals surface area contributed by atoms with Gasteiger partial charge in [0.15, 0.2) is 0 Å². The summed E-state index contributed by atoms with van der Waals surface area (Å²) in [6.45, 7) is 1.14. The molecule has 1 saturated carbocycles. The zero-order valence-electron chi connectivity index (χ0n) is 18.7. The van der Waals surface area contributed by atoms with E-state index < -0.39 is 11.5 Å². The van der Waals surface area contributed by atoms with Crippen molar-refractivity contribution in [2.75, 3.05) is 13.1 Å². The summed E-state index contributed by atoms with van der Waals surface area (Å²) < 4.78 is 1.67. The number of pyridine rings is 2. The van der Waals surface area contributed by atoms with Crippen molar-refractivity contribution < 1.29 is 9.59 Å². The molecule has 33 heavy (non-hydrogen) atoms.